The predicted octanol–water partition coefficient (Wildman–Crippen LogP) is 4.44. The Morgan fingerprint density at radius 3 is 2.61 bits per heavy atom. The summed E-state index contributed by atoms with van der Waals surface area (Å²) in [6, 6.07) is 7.73. The summed E-state index contributed by atoms with van der Waals surface area (Å²) >= 11 is 2.98. The molecule has 4 rings (SSSR count). The Kier molecular flexibility index (Phi) is 5.54. The summed E-state index contributed by atoms with van der Waals surface area (Å²) in [6.07, 6.45) is 2.71. The molecule has 0 atom stereocenters. The molecule has 2 N–H and O–H groups in total. The Labute approximate surface area is 171 Å². The number of aryl methyl sites for hydroxylation is 2. The molecule has 3 aromatic rings. The monoisotopic (exact) mass is 412 g/mol. The van der Waals surface area contributed by atoms with Gasteiger partial charge in [0.2, 0.25) is 11.9 Å². The molecule has 0 bridgehead atoms. The SMILES string of the molecule is CCc1nc(Nc2nc(C)cs2)nc(Sc2ccc(NC(=O)C3CC3)cc2)n1. The summed E-state index contributed by atoms with van der Waals surface area (Å²) in [5.41, 5.74) is 1.77. The van der Waals surface area contributed by atoms with Gasteiger partial charge in [-0.2, -0.15) is 9.97 Å². The molecule has 0 radical (unpaired) electrons. The van der Waals surface area contributed by atoms with Crippen molar-refractivity contribution in [3.05, 3.63) is 41.2 Å². The van der Waals surface area contributed by atoms with E-state index in [0.717, 1.165) is 40.1 Å². The molecule has 2 aromatic heterocycles. The minimum atomic E-state index is 0.110. The Hall–Kier alpha value is -2.52. The molecule has 0 saturated heterocycles. The molecule has 144 valence electrons. The van der Waals surface area contributed by atoms with Crippen LogP contribution in [0.2, 0.25) is 0 Å². The van der Waals surface area contributed by atoms with Crippen LogP contribution in [0.15, 0.2) is 39.7 Å². The van der Waals surface area contributed by atoms with Crippen molar-refractivity contribution in [1.82, 2.24) is 19.9 Å². The molecule has 0 aliphatic heterocycles. The summed E-state index contributed by atoms with van der Waals surface area (Å²) in [4.78, 5) is 30.7. The topological polar surface area (TPSA) is 92.7 Å². The minimum absolute atomic E-state index is 0.110. The number of nitrogens with one attached hydrogen (secondary N) is 2. The van der Waals surface area contributed by atoms with Gasteiger partial charge in [0.15, 0.2) is 10.3 Å². The molecular weight excluding hydrogens is 392 g/mol. The molecule has 2 heterocycles. The standard InChI is InChI=1S/C19H20N6OS2/c1-3-15-22-17(24-18-20-11(2)10-27-18)25-19(23-15)28-14-8-6-13(7-9-14)21-16(26)12-4-5-12/h6-10,12H,3-5H2,1-2H3,(H,21,26)(H,20,22,23,24,25). The molecule has 28 heavy (non-hydrogen) atoms. The van der Waals surface area contributed by atoms with Crippen LogP contribution < -0.4 is 10.6 Å². The van der Waals surface area contributed by atoms with E-state index in [0.29, 0.717) is 17.5 Å². The molecule has 0 unspecified atom stereocenters. The zero-order valence-corrected chi connectivity index (χ0v) is 17.2. The van der Waals surface area contributed by atoms with Crippen molar-refractivity contribution < 1.29 is 4.79 Å². The first kappa shape index (κ1) is 18.8. The quantitative estimate of drug-likeness (QED) is 0.592. The van der Waals surface area contributed by atoms with Crippen molar-refractivity contribution in [3.8, 4) is 0 Å². The first-order chi connectivity index (χ1) is 13.6. The molecule has 1 aromatic carbocycles. The average molecular weight is 413 g/mol. The number of nitrogens with zero attached hydrogens (tertiary/aromatic N) is 4. The van der Waals surface area contributed by atoms with Gasteiger partial charge < -0.3 is 5.32 Å². The average Bonchev–Trinajstić information content (AvgIpc) is 3.46. The fraction of sp³-hybridized carbons (Fsp3) is 0.316. The lowest BCUT2D eigenvalue weighted by Gasteiger charge is -2.07. The molecule has 1 aliphatic rings. The van der Waals surface area contributed by atoms with Gasteiger partial charge >= 0.3 is 0 Å². The highest BCUT2D eigenvalue weighted by Crippen LogP contribution is 2.31. The third-order valence-electron chi connectivity index (χ3n) is 4.09. The Balaban J connectivity index is 1.47. The summed E-state index contributed by atoms with van der Waals surface area (Å²) in [5, 5.41) is 9.46. The van der Waals surface area contributed by atoms with Crippen LogP contribution in [0.1, 0.15) is 31.3 Å². The molecule has 0 spiro atoms. The minimum Gasteiger partial charge on any atom is -0.326 e. The number of thiazole rings is 1. The van der Waals surface area contributed by atoms with E-state index < -0.39 is 0 Å². The zero-order chi connectivity index (χ0) is 19.5. The van der Waals surface area contributed by atoms with E-state index >= 15 is 0 Å². The van der Waals surface area contributed by atoms with E-state index in [1.807, 2.05) is 43.5 Å². The van der Waals surface area contributed by atoms with Crippen LogP contribution in [0.25, 0.3) is 0 Å². The van der Waals surface area contributed by atoms with Gasteiger partial charge in [-0.1, -0.05) is 6.92 Å². The van der Waals surface area contributed by atoms with Gasteiger partial charge in [0, 0.05) is 28.3 Å². The van der Waals surface area contributed by atoms with Crippen molar-refractivity contribution in [3.63, 3.8) is 0 Å². The molecule has 1 amide bonds. The first-order valence-corrected chi connectivity index (χ1v) is 10.8. The Morgan fingerprint density at radius 2 is 1.96 bits per heavy atom. The largest absolute Gasteiger partial charge is 0.326 e. The van der Waals surface area contributed by atoms with Crippen molar-refractivity contribution in [1.29, 1.82) is 0 Å². The normalized spacial score (nSPS) is 13.4. The van der Waals surface area contributed by atoms with Gasteiger partial charge in [-0.3, -0.25) is 10.1 Å². The number of hydrogen-bond donors (Lipinski definition) is 2. The molecular formula is C19H20N6OS2. The van der Waals surface area contributed by atoms with Crippen molar-refractivity contribution in [2.24, 2.45) is 5.92 Å². The second-order valence-corrected chi connectivity index (χ2v) is 8.42. The summed E-state index contributed by atoms with van der Waals surface area (Å²) in [7, 11) is 0. The third kappa shape index (κ3) is 4.85. The zero-order valence-electron chi connectivity index (χ0n) is 15.6. The fourth-order valence-electron chi connectivity index (χ4n) is 2.47. The number of amides is 1. The highest BCUT2D eigenvalue weighted by atomic mass is 32.2. The van der Waals surface area contributed by atoms with Crippen LogP contribution >= 0.6 is 23.1 Å². The lowest BCUT2D eigenvalue weighted by Crippen LogP contribution is -2.12. The summed E-state index contributed by atoms with van der Waals surface area (Å²) in [5.74, 6) is 1.52. The number of benzene rings is 1. The van der Waals surface area contributed by atoms with Crippen LogP contribution in [-0.4, -0.2) is 25.8 Å². The highest BCUT2D eigenvalue weighted by Gasteiger charge is 2.29. The number of carbonyl (C=O) groups is 1. The van der Waals surface area contributed by atoms with Crippen molar-refractivity contribution >= 4 is 45.8 Å². The third-order valence-corrected chi connectivity index (χ3v) is 5.84. The van der Waals surface area contributed by atoms with Gasteiger partial charge in [-0.15, -0.1) is 11.3 Å². The van der Waals surface area contributed by atoms with Crippen LogP contribution in [0.5, 0.6) is 0 Å². The van der Waals surface area contributed by atoms with E-state index in [2.05, 4.69) is 30.6 Å². The number of hydrogen-bond acceptors (Lipinski definition) is 8. The van der Waals surface area contributed by atoms with Crippen LogP contribution in [0.4, 0.5) is 16.8 Å². The fourth-order valence-corrected chi connectivity index (χ4v) is 3.91. The lowest BCUT2D eigenvalue weighted by atomic mass is 10.3. The van der Waals surface area contributed by atoms with Gasteiger partial charge in [0.05, 0.1) is 5.69 Å². The van der Waals surface area contributed by atoms with Gasteiger partial charge in [-0.05, 0) is 55.8 Å². The molecule has 9 heteroatoms. The number of aromatic nitrogens is 4. The van der Waals surface area contributed by atoms with E-state index in [1.165, 1.54) is 23.1 Å². The van der Waals surface area contributed by atoms with E-state index in [4.69, 9.17) is 0 Å². The molecule has 1 aliphatic carbocycles. The number of carbonyl (C=O) groups excluding carboxylic acids is 1. The Morgan fingerprint density at radius 1 is 1.18 bits per heavy atom. The summed E-state index contributed by atoms with van der Waals surface area (Å²) < 4.78 is 0. The van der Waals surface area contributed by atoms with Crippen molar-refractivity contribution in [2.75, 3.05) is 10.6 Å². The number of anilines is 3. The van der Waals surface area contributed by atoms with Gasteiger partial charge in [0.25, 0.3) is 0 Å². The van der Waals surface area contributed by atoms with Gasteiger partial charge in [0.1, 0.15) is 5.82 Å². The van der Waals surface area contributed by atoms with Gasteiger partial charge in [-0.25, -0.2) is 9.97 Å². The molecule has 7 nitrogen and oxygen atoms in total. The highest BCUT2D eigenvalue weighted by molar-refractivity contribution is 7.99. The molecule has 1 fully saturated rings. The number of rotatable bonds is 7. The molecule has 1 saturated carbocycles. The second kappa shape index (κ2) is 8.24. The predicted molar refractivity (Wildman–Crippen MR) is 111 cm³/mol. The Bertz CT molecular complexity index is 984. The maximum atomic E-state index is 11.9. The van der Waals surface area contributed by atoms with E-state index in [9.17, 15) is 4.79 Å². The first-order valence-electron chi connectivity index (χ1n) is 9.12. The van der Waals surface area contributed by atoms with E-state index in [1.54, 1.807) is 0 Å². The van der Waals surface area contributed by atoms with Crippen LogP contribution in [0, 0.1) is 12.8 Å². The van der Waals surface area contributed by atoms with Crippen LogP contribution in [0.3, 0.4) is 0 Å². The smallest absolute Gasteiger partial charge is 0.233 e. The lowest BCUT2D eigenvalue weighted by molar-refractivity contribution is -0.117. The van der Waals surface area contributed by atoms with Crippen molar-refractivity contribution in [2.45, 2.75) is 43.2 Å². The van der Waals surface area contributed by atoms with E-state index in [-0.39, 0.29) is 11.8 Å². The maximum absolute atomic E-state index is 11.9. The summed E-state index contributed by atoms with van der Waals surface area (Å²) in [6.45, 7) is 3.96. The maximum Gasteiger partial charge on any atom is 0.233 e. The van der Waals surface area contributed by atoms with Crippen LogP contribution in [-0.2, 0) is 11.2 Å². The second-order valence-electron chi connectivity index (χ2n) is 6.52.